The summed E-state index contributed by atoms with van der Waals surface area (Å²) in [5.41, 5.74) is 6.08. The second-order valence-corrected chi connectivity index (χ2v) is 8.06. The summed E-state index contributed by atoms with van der Waals surface area (Å²) in [6, 6.07) is 7.15. The van der Waals surface area contributed by atoms with Crippen LogP contribution in [0.1, 0.15) is 5.56 Å². The van der Waals surface area contributed by atoms with Crippen molar-refractivity contribution in [2.24, 2.45) is 14.1 Å². The number of anilines is 1. The van der Waals surface area contributed by atoms with Crippen molar-refractivity contribution < 1.29 is 9.18 Å². The number of aryl methyl sites for hydroxylation is 2. The predicted octanol–water partition coefficient (Wildman–Crippen LogP) is 4.60. The first-order valence-corrected chi connectivity index (χ1v) is 10.6. The Hall–Kier alpha value is -4.53. The molecule has 0 fully saturated rings. The van der Waals surface area contributed by atoms with Gasteiger partial charge in [-0.15, -0.1) is 0 Å². The van der Waals surface area contributed by atoms with Crippen LogP contribution >= 0.6 is 0 Å². The van der Waals surface area contributed by atoms with E-state index in [1.165, 1.54) is 6.07 Å². The Morgan fingerprint density at radius 1 is 1.15 bits per heavy atom. The first-order valence-electron chi connectivity index (χ1n) is 10.6. The molecule has 8 nitrogen and oxygen atoms in total. The Kier molecular flexibility index (Phi) is 5.09. The SMILES string of the molecule is C=CC(=O)Nc1cc(-c2c(-c3cnn(C)c3)[nH]c3ncc(-c4ccnn4C)cc23)cc(F)c1C. The van der Waals surface area contributed by atoms with E-state index < -0.39 is 11.7 Å². The first-order chi connectivity index (χ1) is 16.4. The molecule has 170 valence electrons. The maximum absolute atomic E-state index is 15.0. The summed E-state index contributed by atoms with van der Waals surface area (Å²) in [6.07, 6.45) is 8.27. The number of aromatic amines is 1. The highest BCUT2D eigenvalue weighted by Gasteiger charge is 2.20. The minimum Gasteiger partial charge on any atom is -0.339 e. The van der Waals surface area contributed by atoms with Crippen molar-refractivity contribution in [1.82, 2.24) is 29.5 Å². The number of amides is 1. The van der Waals surface area contributed by atoms with Crippen LogP contribution in [-0.4, -0.2) is 35.4 Å². The van der Waals surface area contributed by atoms with Gasteiger partial charge in [0.25, 0.3) is 0 Å². The lowest BCUT2D eigenvalue weighted by Crippen LogP contribution is -2.09. The number of rotatable bonds is 5. The molecule has 0 aliphatic rings. The zero-order valence-electron chi connectivity index (χ0n) is 18.9. The van der Waals surface area contributed by atoms with E-state index in [1.807, 2.05) is 32.4 Å². The molecular weight excluding hydrogens is 433 g/mol. The minimum atomic E-state index is -0.431. The van der Waals surface area contributed by atoms with Gasteiger partial charge in [0.1, 0.15) is 11.5 Å². The fourth-order valence-corrected chi connectivity index (χ4v) is 4.07. The van der Waals surface area contributed by atoms with Gasteiger partial charge in [-0.25, -0.2) is 9.37 Å². The van der Waals surface area contributed by atoms with E-state index in [0.717, 1.165) is 39.5 Å². The Morgan fingerprint density at radius 3 is 2.65 bits per heavy atom. The fraction of sp³-hybridized carbons (Fsp3) is 0.120. The van der Waals surface area contributed by atoms with Crippen molar-refractivity contribution in [1.29, 1.82) is 0 Å². The van der Waals surface area contributed by atoms with E-state index in [1.54, 1.807) is 40.9 Å². The number of aromatic nitrogens is 6. The van der Waals surface area contributed by atoms with Gasteiger partial charge >= 0.3 is 0 Å². The highest BCUT2D eigenvalue weighted by Crippen LogP contribution is 2.40. The summed E-state index contributed by atoms with van der Waals surface area (Å²) in [5.74, 6) is -0.842. The summed E-state index contributed by atoms with van der Waals surface area (Å²) < 4.78 is 18.5. The number of hydrogen-bond acceptors (Lipinski definition) is 4. The third kappa shape index (κ3) is 3.57. The van der Waals surface area contributed by atoms with Crippen LogP contribution in [0.4, 0.5) is 10.1 Å². The predicted molar refractivity (Wildman–Crippen MR) is 129 cm³/mol. The topological polar surface area (TPSA) is 93.4 Å². The molecule has 5 rings (SSSR count). The van der Waals surface area contributed by atoms with Gasteiger partial charge in [0.05, 0.1) is 17.6 Å². The van der Waals surface area contributed by atoms with Gasteiger partial charge < -0.3 is 10.3 Å². The number of pyridine rings is 1. The molecule has 0 atom stereocenters. The van der Waals surface area contributed by atoms with E-state index in [2.05, 4.69) is 32.1 Å². The highest BCUT2D eigenvalue weighted by atomic mass is 19.1. The number of benzene rings is 1. The van der Waals surface area contributed by atoms with Gasteiger partial charge in [-0.2, -0.15) is 10.2 Å². The van der Waals surface area contributed by atoms with Crippen LogP contribution in [-0.2, 0) is 18.9 Å². The van der Waals surface area contributed by atoms with Crippen LogP contribution in [0.3, 0.4) is 0 Å². The first kappa shape index (κ1) is 21.3. The number of nitrogens with zero attached hydrogens (tertiary/aromatic N) is 5. The van der Waals surface area contributed by atoms with Gasteiger partial charge in [-0.05, 0) is 42.8 Å². The fourth-order valence-electron chi connectivity index (χ4n) is 4.07. The molecular formula is C25H22FN7O. The smallest absolute Gasteiger partial charge is 0.247 e. The van der Waals surface area contributed by atoms with Crippen LogP contribution in [0.5, 0.6) is 0 Å². The molecule has 0 aliphatic heterocycles. The molecule has 9 heteroatoms. The summed E-state index contributed by atoms with van der Waals surface area (Å²) >= 11 is 0. The maximum atomic E-state index is 15.0. The number of carbonyl (C=O) groups excluding carboxylic acids is 1. The van der Waals surface area contributed by atoms with Crippen molar-refractivity contribution in [3.63, 3.8) is 0 Å². The van der Waals surface area contributed by atoms with E-state index >= 15 is 4.39 Å². The van der Waals surface area contributed by atoms with Crippen molar-refractivity contribution in [2.45, 2.75) is 6.92 Å². The molecule has 0 saturated heterocycles. The minimum absolute atomic E-state index is 0.343. The Morgan fingerprint density at radius 2 is 1.97 bits per heavy atom. The second-order valence-electron chi connectivity index (χ2n) is 8.06. The summed E-state index contributed by atoms with van der Waals surface area (Å²) in [4.78, 5) is 20.0. The number of fused-ring (bicyclic) bond motifs is 1. The third-order valence-corrected chi connectivity index (χ3v) is 5.84. The van der Waals surface area contributed by atoms with E-state index in [-0.39, 0.29) is 0 Å². The van der Waals surface area contributed by atoms with Gasteiger partial charge in [0, 0.05) is 66.0 Å². The molecule has 0 unspecified atom stereocenters. The Labute approximate surface area is 194 Å². The van der Waals surface area contributed by atoms with Crippen LogP contribution in [0.2, 0.25) is 0 Å². The van der Waals surface area contributed by atoms with E-state index in [4.69, 9.17) is 0 Å². The number of hydrogen-bond donors (Lipinski definition) is 2. The molecule has 0 spiro atoms. The standard InChI is InChI=1S/C25H22FN7O/c1-5-22(34)30-20-10-15(9-19(26)14(20)2)23-18-8-16(21-6-7-28-33(21)4)11-27-25(18)31-24(23)17-12-29-32(3)13-17/h5-13H,1H2,2-4H3,(H,27,31)(H,30,34). The average molecular weight is 455 g/mol. The lowest BCUT2D eigenvalue weighted by Gasteiger charge is -2.12. The molecule has 4 heterocycles. The number of nitrogens with one attached hydrogen (secondary N) is 2. The van der Waals surface area contributed by atoms with Crippen LogP contribution in [0.25, 0.3) is 44.7 Å². The number of carbonyl (C=O) groups is 1. The molecule has 0 saturated carbocycles. The molecule has 1 amide bonds. The zero-order valence-corrected chi connectivity index (χ0v) is 18.9. The van der Waals surface area contributed by atoms with Crippen molar-refractivity contribution >= 4 is 22.6 Å². The molecule has 34 heavy (non-hydrogen) atoms. The number of H-pyrrole nitrogens is 1. The zero-order chi connectivity index (χ0) is 24.0. The molecule has 0 radical (unpaired) electrons. The van der Waals surface area contributed by atoms with Gasteiger partial charge in [-0.3, -0.25) is 14.2 Å². The molecule has 1 aromatic carbocycles. The van der Waals surface area contributed by atoms with Gasteiger partial charge in [0.2, 0.25) is 5.91 Å². The largest absolute Gasteiger partial charge is 0.339 e. The molecule has 5 aromatic rings. The molecule has 0 aliphatic carbocycles. The van der Waals surface area contributed by atoms with Crippen LogP contribution in [0, 0.1) is 12.7 Å². The van der Waals surface area contributed by atoms with Gasteiger partial charge in [-0.1, -0.05) is 6.58 Å². The quantitative estimate of drug-likeness (QED) is 0.379. The lowest BCUT2D eigenvalue weighted by molar-refractivity contribution is -0.111. The summed E-state index contributed by atoms with van der Waals surface area (Å²) in [6.45, 7) is 5.11. The Balaban J connectivity index is 1.79. The second kappa shape index (κ2) is 8.11. The lowest BCUT2D eigenvalue weighted by atomic mass is 9.97. The third-order valence-electron chi connectivity index (χ3n) is 5.84. The summed E-state index contributed by atoms with van der Waals surface area (Å²) in [7, 11) is 3.70. The van der Waals surface area contributed by atoms with Crippen molar-refractivity contribution in [2.75, 3.05) is 5.32 Å². The molecule has 2 N–H and O–H groups in total. The van der Waals surface area contributed by atoms with Crippen LogP contribution < -0.4 is 5.32 Å². The normalized spacial score (nSPS) is 11.2. The maximum Gasteiger partial charge on any atom is 0.247 e. The average Bonchev–Trinajstić information content (AvgIpc) is 3.54. The van der Waals surface area contributed by atoms with Crippen LogP contribution in [0.15, 0.2) is 61.7 Å². The van der Waals surface area contributed by atoms with Crippen molar-refractivity contribution in [3.8, 4) is 33.6 Å². The summed E-state index contributed by atoms with van der Waals surface area (Å²) in [5, 5.41) is 12.1. The Bertz CT molecular complexity index is 1570. The van der Waals surface area contributed by atoms with Crippen molar-refractivity contribution in [3.05, 3.63) is 73.1 Å². The van der Waals surface area contributed by atoms with Gasteiger partial charge in [0.15, 0.2) is 0 Å². The van der Waals surface area contributed by atoms with E-state index in [0.29, 0.717) is 22.5 Å². The molecule has 0 bridgehead atoms. The highest BCUT2D eigenvalue weighted by molar-refractivity contribution is 6.05. The molecule has 4 aromatic heterocycles. The number of halogens is 1. The van der Waals surface area contributed by atoms with E-state index in [9.17, 15) is 4.79 Å². The monoisotopic (exact) mass is 455 g/mol.